The van der Waals surface area contributed by atoms with Gasteiger partial charge in [0.25, 0.3) is 10.0 Å². The van der Waals surface area contributed by atoms with E-state index in [1.165, 1.54) is 4.70 Å². The van der Waals surface area contributed by atoms with Gasteiger partial charge in [0.05, 0.1) is 16.8 Å². The number of likely N-dealkylation sites (tertiary alicyclic amines) is 1. The van der Waals surface area contributed by atoms with Crippen LogP contribution in [-0.2, 0) is 21.4 Å². The monoisotopic (exact) mass is 495 g/mol. The molecule has 1 atom stereocenters. The lowest BCUT2D eigenvalue weighted by molar-refractivity contribution is -0.136. The number of amides is 1. The van der Waals surface area contributed by atoms with Gasteiger partial charge in [-0.1, -0.05) is 24.3 Å². The predicted octanol–water partition coefficient (Wildman–Crippen LogP) is 2.55. The molecule has 3 aromatic rings. The summed E-state index contributed by atoms with van der Waals surface area (Å²) in [5, 5.41) is 1.10. The molecule has 0 bridgehead atoms. The molecule has 4 heterocycles. The van der Waals surface area contributed by atoms with Crippen molar-refractivity contribution in [2.75, 3.05) is 32.7 Å². The lowest BCUT2D eigenvalue weighted by Crippen LogP contribution is -2.54. The van der Waals surface area contributed by atoms with E-state index in [1.54, 1.807) is 29.5 Å². The molecular formula is C24H25N5O3S2. The highest BCUT2D eigenvalue weighted by atomic mass is 32.2. The van der Waals surface area contributed by atoms with Crippen LogP contribution in [0.15, 0.2) is 57.8 Å². The number of nitrogens with zero attached hydrogens (tertiary/aromatic N) is 5. The third-order valence-electron chi connectivity index (χ3n) is 6.80. The fourth-order valence-corrected chi connectivity index (χ4v) is 7.32. The number of benzene rings is 2. The molecule has 2 saturated heterocycles. The number of aromatic nitrogens is 1. The Morgan fingerprint density at radius 2 is 1.76 bits per heavy atom. The van der Waals surface area contributed by atoms with E-state index < -0.39 is 10.0 Å². The Kier molecular flexibility index (Phi) is 5.39. The minimum atomic E-state index is -3.70. The van der Waals surface area contributed by atoms with Gasteiger partial charge in [-0.15, -0.1) is 15.7 Å². The third kappa shape index (κ3) is 3.79. The largest absolute Gasteiger partial charge is 0.343 e. The smallest absolute Gasteiger partial charge is 0.285 e. The molecule has 176 valence electrons. The Hall–Kier alpha value is -2.82. The maximum atomic E-state index is 13.5. The predicted molar refractivity (Wildman–Crippen MR) is 131 cm³/mol. The number of amidine groups is 1. The lowest BCUT2D eigenvalue weighted by atomic mass is 10.1. The molecule has 10 heteroatoms. The Balaban J connectivity index is 1.13. The first-order chi connectivity index (χ1) is 16.5. The lowest BCUT2D eigenvalue weighted by Gasteiger charge is -2.37. The molecule has 2 fully saturated rings. The van der Waals surface area contributed by atoms with Crippen molar-refractivity contribution in [3.63, 3.8) is 0 Å². The number of carbonyl (C=O) groups is 1. The van der Waals surface area contributed by atoms with Gasteiger partial charge >= 0.3 is 0 Å². The van der Waals surface area contributed by atoms with Crippen LogP contribution in [-0.4, -0.2) is 78.6 Å². The number of thiazole rings is 1. The molecule has 3 aliphatic heterocycles. The number of hydrogen-bond donors (Lipinski definition) is 0. The summed E-state index contributed by atoms with van der Waals surface area (Å²) in [5.74, 6) is 0.488. The van der Waals surface area contributed by atoms with Gasteiger partial charge in [-0.2, -0.15) is 8.42 Å². The van der Waals surface area contributed by atoms with E-state index in [0.29, 0.717) is 37.5 Å². The highest BCUT2D eigenvalue weighted by molar-refractivity contribution is 7.90. The Morgan fingerprint density at radius 1 is 1.00 bits per heavy atom. The van der Waals surface area contributed by atoms with Crippen LogP contribution in [0.2, 0.25) is 0 Å². The number of hydrogen-bond acceptors (Lipinski definition) is 7. The average Bonchev–Trinajstić information content (AvgIpc) is 3.55. The standard InChI is InChI=1S/C24H25N5O3S2/c30-24(19-8-5-11-29(19)23-17-6-1-4-10-21(17)34(31,32)26-23)28-14-12-27(13-15-28)16-22-25-18-7-2-3-9-20(18)33-22/h1-4,6-7,9-10,19H,5,8,11-16H2/t19-/m1/s1. The Morgan fingerprint density at radius 3 is 2.59 bits per heavy atom. The maximum absolute atomic E-state index is 13.5. The molecule has 34 heavy (non-hydrogen) atoms. The summed E-state index contributed by atoms with van der Waals surface area (Å²) in [5.41, 5.74) is 1.64. The topological polar surface area (TPSA) is 86.2 Å². The molecule has 8 nitrogen and oxygen atoms in total. The van der Waals surface area contributed by atoms with Crippen LogP contribution >= 0.6 is 11.3 Å². The van der Waals surface area contributed by atoms with E-state index in [1.807, 2.05) is 34.1 Å². The van der Waals surface area contributed by atoms with Crippen molar-refractivity contribution < 1.29 is 13.2 Å². The first-order valence-electron chi connectivity index (χ1n) is 11.6. The van der Waals surface area contributed by atoms with E-state index in [9.17, 15) is 13.2 Å². The van der Waals surface area contributed by atoms with Gasteiger partial charge in [0, 0.05) is 38.3 Å². The SMILES string of the molecule is O=C([C@H]1CCCN1C1=NS(=O)(=O)c2ccccc21)N1CCN(Cc2nc3ccccc3s2)CC1. The maximum Gasteiger partial charge on any atom is 0.285 e. The molecule has 1 amide bonds. The van der Waals surface area contributed by atoms with E-state index in [-0.39, 0.29) is 16.8 Å². The highest BCUT2D eigenvalue weighted by Crippen LogP contribution is 2.32. The summed E-state index contributed by atoms with van der Waals surface area (Å²) in [6, 6.07) is 14.7. The van der Waals surface area contributed by atoms with Crippen LogP contribution in [0.1, 0.15) is 23.4 Å². The second-order valence-electron chi connectivity index (χ2n) is 8.91. The summed E-state index contributed by atoms with van der Waals surface area (Å²) in [6.07, 6.45) is 1.56. The Labute approximate surface area is 202 Å². The normalized spacial score (nSPS) is 22.2. The van der Waals surface area contributed by atoms with Crippen molar-refractivity contribution in [2.24, 2.45) is 4.40 Å². The van der Waals surface area contributed by atoms with Gasteiger partial charge in [0.1, 0.15) is 15.9 Å². The molecule has 0 saturated carbocycles. The van der Waals surface area contributed by atoms with Gasteiger partial charge in [0.15, 0.2) is 5.84 Å². The summed E-state index contributed by atoms with van der Waals surface area (Å²) in [6.45, 7) is 4.35. The number of piperazine rings is 1. The van der Waals surface area contributed by atoms with Crippen molar-refractivity contribution in [3.8, 4) is 0 Å². The van der Waals surface area contributed by atoms with Gasteiger partial charge in [-0.25, -0.2) is 4.98 Å². The van der Waals surface area contributed by atoms with E-state index >= 15 is 0 Å². The zero-order valence-corrected chi connectivity index (χ0v) is 20.3. The molecule has 0 unspecified atom stereocenters. The molecule has 0 N–H and O–H groups in total. The summed E-state index contributed by atoms with van der Waals surface area (Å²) in [7, 11) is -3.70. The van der Waals surface area contributed by atoms with E-state index in [2.05, 4.69) is 15.4 Å². The number of para-hydroxylation sites is 1. The van der Waals surface area contributed by atoms with Gasteiger partial charge in [-0.3, -0.25) is 9.69 Å². The van der Waals surface area contributed by atoms with Crippen molar-refractivity contribution in [1.82, 2.24) is 19.7 Å². The van der Waals surface area contributed by atoms with Gasteiger partial charge in [0.2, 0.25) is 5.91 Å². The number of carbonyl (C=O) groups excluding carboxylic acids is 1. The van der Waals surface area contributed by atoms with Crippen molar-refractivity contribution in [1.29, 1.82) is 0 Å². The zero-order valence-electron chi connectivity index (χ0n) is 18.6. The second kappa shape index (κ2) is 8.44. The van der Waals surface area contributed by atoms with Crippen LogP contribution < -0.4 is 0 Å². The molecular weight excluding hydrogens is 470 g/mol. The average molecular weight is 496 g/mol. The van der Waals surface area contributed by atoms with Gasteiger partial charge in [-0.05, 0) is 37.1 Å². The van der Waals surface area contributed by atoms with E-state index in [0.717, 1.165) is 36.6 Å². The summed E-state index contributed by atoms with van der Waals surface area (Å²) >= 11 is 1.72. The van der Waals surface area contributed by atoms with Crippen LogP contribution in [0.3, 0.4) is 0 Å². The minimum Gasteiger partial charge on any atom is -0.343 e. The van der Waals surface area contributed by atoms with Crippen molar-refractivity contribution in [3.05, 3.63) is 59.1 Å². The molecule has 6 rings (SSSR count). The second-order valence-corrected chi connectivity index (χ2v) is 11.6. The molecule has 0 spiro atoms. The summed E-state index contributed by atoms with van der Waals surface area (Å²) < 4.78 is 30.3. The minimum absolute atomic E-state index is 0.0709. The zero-order chi connectivity index (χ0) is 23.3. The van der Waals surface area contributed by atoms with Crippen LogP contribution in [0, 0.1) is 0 Å². The fraction of sp³-hybridized carbons (Fsp3) is 0.375. The molecule has 0 aliphatic carbocycles. The number of fused-ring (bicyclic) bond motifs is 2. The fourth-order valence-electron chi connectivity index (χ4n) is 5.09. The van der Waals surface area contributed by atoms with E-state index in [4.69, 9.17) is 4.98 Å². The van der Waals surface area contributed by atoms with Gasteiger partial charge < -0.3 is 9.80 Å². The first kappa shape index (κ1) is 21.7. The summed E-state index contributed by atoms with van der Waals surface area (Å²) in [4.78, 5) is 24.6. The number of sulfonamides is 1. The highest BCUT2D eigenvalue weighted by Gasteiger charge is 2.41. The molecule has 3 aliphatic rings. The van der Waals surface area contributed by atoms with Crippen molar-refractivity contribution >= 4 is 43.3 Å². The first-order valence-corrected chi connectivity index (χ1v) is 13.8. The van der Waals surface area contributed by atoms with Crippen molar-refractivity contribution in [2.45, 2.75) is 30.3 Å². The Bertz CT molecular complexity index is 1360. The molecule has 2 aromatic carbocycles. The van der Waals surface area contributed by atoms with Crippen LogP contribution in [0.4, 0.5) is 0 Å². The number of rotatable bonds is 3. The molecule has 1 aromatic heterocycles. The van der Waals surface area contributed by atoms with Crippen LogP contribution in [0.25, 0.3) is 10.2 Å². The van der Waals surface area contributed by atoms with Crippen LogP contribution in [0.5, 0.6) is 0 Å². The molecule has 0 radical (unpaired) electrons. The quantitative estimate of drug-likeness (QED) is 0.555. The third-order valence-corrected chi connectivity index (χ3v) is 9.15.